The van der Waals surface area contributed by atoms with E-state index in [2.05, 4.69) is 11.8 Å². The molecule has 2 saturated carbocycles. The lowest BCUT2D eigenvalue weighted by Gasteiger charge is -2.47. The van der Waals surface area contributed by atoms with Gasteiger partial charge in [-0.2, -0.15) is 0 Å². The number of rotatable bonds is 2. The summed E-state index contributed by atoms with van der Waals surface area (Å²) in [6.45, 7) is 3.26. The molecule has 3 rings (SSSR count). The second-order valence-electron chi connectivity index (χ2n) is 6.52. The van der Waals surface area contributed by atoms with Crippen LogP contribution in [0, 0.1) is 11.8 Å². The van der Waals surface area contributed by atoms with Gasteiger partial charge in [-0.3, -0.25) is 9.69 Å². The Balaban J connectivity index is 1.86. The molecule has 1 N–H and O–H groups in total. The van der Waals surface area contributed by atoms with Gasteiger partial charge in [0.2, 0.25) is 0 Å². The van der Waals surface area contributed by atoms with Crippen LogP contribution < -0.4 is 0 Å². The van der Waals surface area contributed by atoms with Crippen molar-refractivity contribution in [2.24, 2.45) is 11.8 Å². The van der Waals surface area contributed by atoms with Crippen LogP contribution in [0.5, 0.6) is 0 Å². The Kier molecular flexibility index (Phi) is 2.69. The van der Waals surface area contributed by atoms with Gasteiger partial charge in [0.15, 0.2) is 0 Å². The Morgan fingerprint density at radius 3 is 2.71 bits per heavy atom. The smallest absolute Gasteiger partial charge is 0.324 e. The van der Waals surface area contributed by atoms with E-state index in [9.17, 15) is 9.90 Å². The first-order valence-electron chi connectivity index (χ1n) is 7.12. The monoisotopic (exact) mass is 237 g/mol. The molecule has 0 radical (unpaired) electrons. The number of likely N-dealkylation sites (tertiary alicyclic amines) is 1. The van der Waals surface area contributed by atoms with Crippen molar-refractivity contribution in [1.29, 1.82) is 0 Å². The lowest BCUT2D eigenvalue weighted by Crippen LogP contribution is -2.59. The van der Waals surface area contributed by atoms with Crippen LogP contribution in [0.1, 0.15) is 51.9 Å². The second kappa shape index (κ2) is 3.98. The minimum Gasteiger partial charge on any atom is -0.480 e. The average Bonchev–Trinajstić information content (AvgIpc) is 2.90. The van der Waals surface area contributed by atoms with Crippen LogP contribution in [0.3, 0.4) is 0 Å². The summed E-state index contributed by atoms with van der Waals surface area (Å²) in [5.41, 5.74) is -0.516. The molecule has 0 aromatic heterocycles. The normalized spacial score (nSPS) is 46.3. The van der Waals surface area contributed by atoms with Crippen molar-refractivity contribution in [3.05, 3.63) is 0 Å². The molecule has 96 valence electrons. The summed E-state index contributed by atoms with van der Waals surface area (Å²) in [6.07, 6.45) is 7.84. The molecule has 1 aliphatic heterocycles. The quantitative estimate of drug-likeness (QED) is 0.802. The van der Waals surface area contributed by atoms with Gasteiger partial charge < -0.3 is 5.11 Å². The van der Waals surface area contributed by atoms with Crippen LogP contribution in [0.25, 0.3) is 0 Å². The van der Waals surface area contributed by atoms with Crippen LogP contribution in [-0.2, 0) is 4.79 Å². The summed E-state index contributed by atoms with van der Waals surface area (Å²) in [6, 6.07) is 0.571. The molecule has 0 spiro atoms. The van der Waals surface area contributed by atoms with E-state index in [1.165, 1.54) is 25.7 Å². The van der Waals surface area contributed by atoms with Crippen molar-refractivity contribution in [3.8, 4) is 0 Å². The number of carboxylic acids is 1. The van der Waals surface area contributed by atoms with E-state index in [1.54, 1.807) is 0 Å². The highest BCUT2D eigenvalue weighted by Gasteiger charge is 2.53. The van der Waals surface area contributed by atoms with E-state index in [4.69, 9.17) is 0 Å². The topological polar surface area (TPSA) is 40.5 Å². The molecule has 2 bridgehead atoms. The van der Waals surface area contributed by atoms with Gasteiger partial charge in [-0.15, -0.1) is 0 Å². The van der Waals surface area contributed by atoms with Crippen molar-refractivity contribution in [2.75, 3.05) is 6.54 Å². The number of carboxylic acid groups (broad SMARTS) is 1. The first kappa shape index (κ1) is 11.5. The number of hydrogen-bond donors (Lipinski definition) is 1. The van der Waals surface area contributed by atoms with Gasteiger partial charge in [0, 0.05) is 12.6 Å². The zero-order valence-electron chi connectivity index (χ0n) is 10.7. The minimum absolute atomic E-state index is 0.516. The molecule has 1 heterocycles. The second-order valence-corrected chi connectivity index (χ2v) is 6.52. The SMILES string of the molecule is CC1CCCC(C(=O)O)(N2CC3CCC2C3)C1. The number of fused-ring (bicyclic) bond motifs is 2. The maximum absolute atomic E-state index is 11.8. The van der Waals surface area contributed by atoms with Crippen molar-refractivity contribution >= 4 is 5.97 Å². The Labute approximate surface area is 103 Å². The largest absolute Gasteiger partial charge is 0.480 e. The summed E-state index contributed by atoms with van der Waals surface area (Å²) in [5.74, 6) is 0.795. The van der Waals surface area contributed by atoms with Gasteiger partial charge in [0.25, 0.3) is 0 Å². The Morgan fingerprint density at radius 1 is 1.35 bits per heavy atom. The highest BCUT2D eigenvalue weighted by molar-refractivity contribution is 5.79. The van der Waals surface area contributed by atoms with E-state index in [0.29, 0.717) is 12.0 Å². The summed E-state index contributed by atoms with van der Waals surface area (Å²) >= 11 is 0. The molecule has 3 aliphatic rings. The zero-order chi connectivity index (χ0) is 12.0. The molecule has 0 amide bonds. The first-order chi connectivity index (χ1) is 8.12. The van der Waals surface area contributed by atoms with Gasteiger partial charge in [-0.05, 0) is 43.9 Å². The Hall–Kier alpha value is -0.570. The van der Waals surface area contributed by atoms with E-state index >= 15 is 0 Å². The number of hydrogen-bond acceptors (Lipinski definition) is 2. The molecule has 17 heavy (non-hydrogen) atoms. The Bertz CT molecular complexity index is 330. The van der Waals surface area contributed by atoms with E-state index < -0.39 is 11.5 Å². The van der Waals surface area contributed by atoms with Crippen LogP contribution in [0.15, 0.2) is 0 Å². The predicted molar refractivity (Wildman–Crippen MR) is 65.8 cm³/mol. The molecule has 0 aromatic carbocycles. The standard InChI is InChI=1S/C14H23NO2/c1-10-3-2-6-14(8-10,13(16)17)15-9-11-4-5-12(15)7-11/h10-12H,2-9H2,1H3,(H,16,17). The number of piperidine rings is 1. The maximum atomic E-state index is 11.8. The number of aliphatic carboxylic acids is 1. The molecule has 2 aliphatic carbocycles. The van der Waals surface area contributed by atoms with Gasteiger partial charge in [-0.25, -0.2) is 0 Å². The molecule has 0 aromatic rings. The summed E-state index contributed by atoms with van der Waals surface area (Å²) < 4.78 is 0. The van der Waals surface area contributed by atoms with E-state index in [-0.39, 0.29) is 0 Å². The molecule has 4 unspecified atom stereocenters. The molecule has 3 fully saturated rings. The van der Waals surface area contributed by atoms with Crippen LogP contribution >= 0.6 is 0 Å². The molecule has 3 nitrogen and oxygen atoms in total. The highest BCUT2D eigenvalue weighted by Crippen LogP contribution is 2.47. The minimum atomic E-state index is -0.559. The average molecular weight is 237 g/mol. The molecule has 1 saturated heterocycles. The van der Waals surface area contributed by atoms with Crippen LogP contribution in [0.4, 0.5) is 0 Å². The third kappa shape index (κ3) is 1.70. The fourth-order valence-corrected chi connectivity index (χ4v) is 4.55. The van der Waals surface area contributed by atoms with Gasteiger partial charge in [0.1, 0.15) is 5.54 Å². The van der Waals surface area contributed by atoms with E-state index in [0.717, 1.165) is 31.7 Å². The lowest BCUT2D eigenvalue weighted by atomic mass is 9.74. The van der Waals surface area contributed by atoms with Crippen LogP contribution in [-0.4, -0.2) is 34.1 Å². The van der Waals surface area contributed by atoms with Gasteiger partial charge >= 0.3 is 5.97 Å². The molecule has 4 atom stereocenters. The third-order valence-electron chi connectivity index (χ3n) is 5.33. The molecule has 3 heteroatoms. The zero-order valence-corrected chi connectivity index (χ0v) is 10.7. The maximum Gasteiger partial charge on any atom is 0.324 e. The van der Waals surface area contributed by atoms with Crippen LogP contribution in [0.2, 0.25) is 0 Å². The lowest BCUT2D eigenvalue weighted by molar-refractivity contribution is -0.157. The van der Waals surface area contributed by atoms with Gasteiger partial charge in [-0.1, -0.05) is 19.8 Å². The fraction of sp³-hybridized carbons (Fsp3) is 0.929. The predicted octanol–water partition coefficient (Wildman–Crippen LogP) is 2.50. The molecular formula is C14H23NO2. The van der Waals surface area contributed by atoms with Gasteiger partial charge in [0.05, 0.1) is 0 Å². The van der Waals surface area contributed by atoms with E-state index in [1.807, 2.05) is 0 Å². The highest BCUT2D eigenvalue weighted by atomic mass is 16.4. The van der Waals surface area contributed by atoms with Crippen molar-refractivity contribution in [2.45, 2.75) is 63.5 Å². The molecular weight excluding hydrogens is 214 g/mol. The summed E-state index contributed by atoms with van der Waals surface area (Å²) in [7, 11) is 0. The summed E-state index contributed by atoms with van der Waals surface area (Å²) in [4.78, 5) is 14.2. The number of carbonyl (C=O) groups is 1. The van der Waals surface area contributed by atoms with Crippen molar-refractivity contribution < 1.29 is 9.90 Å². The third-order valence-corrected chi connectivity index (χ3v) is 5.33. The number of nitrogens with zero attached hydrogens (tertiary/aromatic N) is 1. The summed E-state index contributed by atoms with van der Waals surface area (Å²) in [5, 5.41) is 9.75. The Morgan fingerprint density at radius 2 is 2.18 bits per heavy atom. The fourth-order valence-electron chi connectivity index (χ4n) is 4.55. The van der Waals surface area contributed by atoms with Crippen molar-refractivity contribution in [1.82, 2.24) is 4.90 Å². The van der Waals surface area contributed by atoms with Crippen molar-refractivity contribution in [3.63, 3.8) is 0 Å². The first-order valence-corrected chi connectivity index (χ1v) is 7.12.